The highest BCUT2D eigenvalue weighted by atomic mass is 32.2. The molecule has 77 heavy (non-hydrogen) atoms. The number of thioether (sulfide) groups is 1. The number of hydrogen-bond acceptors (Lipinski definition) is 13. The third-order valence-corrected chi connectivity index (χ3v) is 12.8. The molecular weight excluding hydrogens is 1020 g/mol. The molecule has 0 radical (unpaired) electrons. The molecule has 0 aromatic carbocycles. The van der Waals surface area contributed by atoms with Gasteiger partial charge in [-0.2, -0.15) is 11.8 Å². The molecule has 19 N–H and O–H groups in total. The number of carboxylic acid groups (broad SMARTS) is 2. The van der Waals surface area contributed by atoms with Gasteiger partial charge in [-0.25, -0.2) is 0 Å². The number of guanidine groups is 2. The number of aliphatic imine (C=N–C) groups is 2. The largest absolute Gasteiger partial charge is 0.481 e. The van der Waals surface area contributed by atoms with Gasteiger partial charge in [-0.05, 0) is 69.8 Å². The van der Waals surface area contributed by atoms with Gasteiger partial charge >= 0.3 is 11.9 Å². The van der Waals surface area contributed by atoms with E-state index >= 15 is 0 Å². The van der Waals surface area contributed by atoms with E-state index in [1.807, 2.05) is 0 Å². The Morgan fingerprint density at radius 2 is 0.753 bits per heavy atom. The number of hydrogen-bond donors (Lipinski definition) is 14. The number of amides is 8. The lowest BCUT2D eigenvalue weighted by atomic mass is 10.0. The minimum Gasteiger partial charge on any atom is -0.481 e. The van der Waals surface area contributed by atoms with Crippen molar-refractivity contribution in [2.45, 2.75) is 211 Å². The Kier molecular flexibility index (Phi) is 40.0. The minimum atomic E-state index is -1.60. The van der Waals surface area contributed by atoms with Crippen LogP contribution in [0.2, 0.25) is 0 Å². The smallest absolute Gasteiger partial charge is 0.303 e. The fraction of sp³-hybridized carbons (Fsp3) is 0.760. The Bertz CT molecular complexity index is 1890. The fourth-order valence-electron chi connectivity index (χ4n) is 7.94. The van der Waals surface area contributed by atoms with E-state index in [9.17, 15) is 53.1 Å². The molecule has 0 heterocycles. The van der Waals surface area contributed by atoms with Crippen LogP contribution in [0.1, 0.15) is 174 Å². The maximum atomic E-state index is 14.2. The number of rotatable bonds is 47. The number of carbonyl (C=O) groups excluding carboxylic acids is 8. The third kappa shape index (κ3) is 37.9. The molecule has 27 heteroatoms. The number of carbonyl (C=O) groups is 10. The van der Waals surface area contributed by atoms with E-state index in [1.165, 1.54) is 69.5 Å². The number of primary amides is 1. The number of carboxylic acids is 2. The second-order valence-corrected chi connectivity index (χ2v) is 20.0. The molecule has 440 valence electrons. The summed E-state index contributed by atoms with van der Waals surface area (Å²) >= 11 is 1.29. The Morgan fingerprint density at radius 3 is 1.09 bits per heavy atom. The summed E-state index contributed by atoms with van der Waals surface area (Å²) in [6.45, 7) is 3.88. The number of nitrogens with zero attached hydrogens (tertiary/aromatic N) is 2. The van der Waals surface area contributed by atoms with Crippen LogP contribution in [0.4, 0.5) is 0 Å². The van der Waals surface area contributed by atoms with Crippen molar-refractivity contribution in [3.8, 4) is 0 Å². The van der Waals surface area contributed by atoms with Gasteiger partial charge in [0.2, 0.25) is 47.3 Å². The van der Waals surface area contributed by atoms with Crippen LogP contribution in [0.5, 0.6) is 0 Å². The van der Waals surface area contributed by atoms with Crippen LogP contribution in [-0.2, 0) is 47.9 Å². The molecule has 0 saturated carbocycles. The van der Waals surface area contributed by atoms with Crippen molar-refractivity contribution >= 4 is 82.9 Å². The van der Waals surface area contributed by atoms with Crippen LogP contribution in [0, 0.1) is 0 Å². The van der Waals surface area contributed by atoms with Crippen LogP contribution in [-0.4, -0.2) is 149 Å². The van der Waals surface area contributed by atoms with Crippen molar-refractivity contribution < 1.29 is 58.2 Å². The summed E-state index contributed by atoms with van der Waals surface area (Å²) in [6, 6.07) is -8.43. The van der Waals surface area contributed by atoms with E-state index < -0.39 is 121 Å². The van der Waals surface area contributed by atoms with Gasteiger partial charge in [0.25, 0.3) is 0 Å². The summed E-state index contributed by atoms with van der Waals surface area (Å²) < 4.78 is 0. The molecule has 0 aliphatic carbocycles. The van der Waals surface area contributed by atoms with Gasteiger partial charge in [-0.3, -0.25) is 57.9 Å². The van der Waals surface area contributed by atoms with E-state index in [2.05, 4.69) is 54.1 Å². The lowest BCUT2D eigenvalue weighted by molar-refractivity contribution is -0.140. The Morgan fingerprint density at radius 1 is 0.429 bits per heavy atom. The first-order valence-corrected chi connectivity index (χ1v) is 28.4. The highest BCUT2D eigenvalue weighted by molar-refractivity contribution is 7.98. The molecule has 0 rings (SSSR count). The van der Waals surface area contributed by atoms with Crippen molar-refractivity contribution in [2.24, 2.45) is 38.7 Å². The van der Waals surface area contributed by atoms with Gasteiger partial charge < -0.3 is 76.1 Å². The Balaban J connectivity index is 6.36. The molecule has 0 aromatic rings. The number of aliphatic carboxylic acids is 2. The Hall–Kier alpha value is -6.41. The maximum absolute atomic E-state index is 14.2. The first-order valence-electron chi connectivity index (χ1n) is 27.0. The second kappa shape index (κ2) is 43.7. The van der Waals surface area contributed by atoms with E-state index in [4.69, 9.17) is 33.8 Å². The molecule has 26 nitrogen and oxygen atoms in total. The van der Waals surface area contributed by atoms with Crippen molar-refractivity contribution in [2.75, 3.05) is 31.6 Å². The summed E-state index contributed by atoms with van der Waals surface area (Å²) in [7, 11) is 0. The van der Waals surface area contributed by atoms with Crippen molar-refractivity contribution in [3.05, 3.63) is 0 Å². The average molecular weight is 1110 g/mol. The fourth-order valence-corrected chi connectivity index (χ4v) is 8.41. The van der Waals surface area contributed by atoms with Crippen LogP contribution in [0.15, 0.2) is 9.98 Å². The van der Waals surface area contributed by atoms with E-state index in [0.717, 1.165) is 39.0 Å². The molecule has 0 saturated heterocycles. The first kappa shape index (κ1) is 70.6. The van der Waals surface area contributed by atoms with Gasteiger partial charge in [0.1, 0.15) is 36.3 Å². The SMILES string of the molecule is CCCCCCCCCCCCCCCCNC(=O)[C@H](CCCN=C(N)N)NC(=O)[C@H](CCCN=C(N)N)NC(=O)[C@H](CCC(N)=O)NC(=O)[C@H](CCSC)NC(=O)[C@H](CCC(=O)O)NC(=O)[C@H](CCC(=O)O)NC(C)=O. The van der Waals surface area contributed by atoms with Crippen LogP contribution >= 0.6 is 11.8 Å². The average Bonchev–Trinajstić information content (AvgIpc) is 3.36. The quantitative estimate of drug-likeness (QED) is 0.0222. The summed E-state index contributed by atoms with van der Waals surface area (Å²) in [5.41, 5.74) is 27.5. The zero-order valence-corrected chi connectivity index (χ0v) is 46.5. The van der Waals surface area contributed by atoms with Crippen LogP contribution < -0.4 is 65.9 Å². The topological polar surface area (TPSA) is 450 Å². The molecule has 0 aromatic heterocycles. The number of nitrogens with one attached hydrogen (secondary N) is 7. The molecular formula is C50H92N14O12S. The summed E-state index contributed by atoms with van der Waals surface area (Å²) in [6.07, 6.45) is 15.8. The van der Waals surface area contributed by atoms with E-state index in [0.29, 0.717) is 13.0 Å². The third-order valence-electron chi connectivity index (χ3n) is 12.2. The highest BCUT2D eigenvalue weighted by Gasteiger charge is 2.34. The molecule has 8 amide bonds. The van der Waals surface area contributed by atoms with Gasteiger partial charge in [-0.1, -0.05) is 90.4 Å². The van der Waals surface area contributed by atoms with Crippen molar-refractivity contribution in [1.82, 2.24) is 37.2 Å². The van der Waals surface area contributed by atoms with E-state index in [1.54, 1.807) is 6.26 Å². The van der Waals surface area contributed by atoms with Gasteiger partial charge in [0.15, 0.2) is 11.9 Å². The zero-order chi connectivity index (χ0) is 58.0. The molecule has 0 fully saturated rings. The lowest BCUT2D eigenvalue weighted by Crippen LogP contribution is -2.60. The first-order chi connectivity index (χ1) is 36.6. The predicted molar refractivity (Wildman–Crippen MR) is 296 cm³/mol. The predicted octanol–water partition coefficient (Wildman–Crippen LogP) is 0.368. The lowest BCUT2D eigenvalue weighted by Gasteiger charge is -2.27. The zero-order valence-electron chi connectivity index (χ0n) is 45.6. The van der Waals surface area contributed by atoms with Crippen LogP contribution in [0.3, 0.4) is 0 Å². The molecule has 0 unspecified atom stereocenters. The maximum Gasteiger partial charge on any atom is 0.303 e. The molecule has 0 aliphatic rings. The highest BCUT2D eigenvalue weighted by Crippen LogP contribution is 2.14. The Labute approximate surface area is 457 Å². The molecule has 6 atom stereocenters. The van der Waals surface area contributed by atoms with Gasteiger partial charge in [0.05, 0.1) is 0 Å². The van der Waals surface area contributed by atoms with Gasteiger partial charge in [0, 0.05) is 45.8 Å². The molecule has 0 aliphatic heterocycles. The standard InChI is InChI=1S/C50H92N14O12S/c1-4-5-6-7-8-9-10-11-12-13-14-15-16-17-29-56-43(71)34(20-18-30-57-49(52)53)60-44(72)35(21-19-31-58-50(54)55)61-46(74)37(22-25-40(51)66)62-48(76)39(28-32-77-3)64-47(75)38(24-27-42(69)70)63-45(73)36(59-33(2)65)23-26-41(67)68/h34-39H,4-32H2,1-3H3,(H2,51,66)(H,56,71)(H,59,65)(H,60,72)(H,61,74)(H,62,76)(H,63,73)(H,64,75)(H,67,68)(H,69,70)(H4,52,53,57)(H4,54,55,58)/t34-,35-,36-,37-,38-,39-/m0/s1. The summed E-state index contributed by atoms with van der Waals surface area (Å²) in [5.74, 6) is -9.37. The summed E-state index contributed by atoms with van der Waals surface area (Å²) in [4.78, 5) is 138. The monoisotopic (exact) mass is 1110 g/mol. The number of nitrogens with two attached hydrogens (primary N) is 5. The molecule has 0 bridgehead atoms. The second-order valence-electron chi connectivity index (χ2n) is 19.0. The molecule has 0 spiro atoms. The number of unbranched alkanes of at least 4 members (excludes halogenated alkanes) is 13. The normalized spacial score (nSPS) is 13.2. The van der Waals surface area contributed by atoms with Crippen LogP contribution in [0.25, 0.3) is 0 Å². The van der Waals surface area contributed by atoms with E-state index in [-0.39, 0.29) is 69.3 Å². The van der Waals surface area contributed by atoms with Crippen molar-refractivity contribution in [3.63, 3.8) is 0 Å². The van der Waals surface area contributed by atoms with Crippen molar-refractivity contribution in [1.29, 1.82) is 0 Å². The minimum absolute atomic E-state index is 0.0480. The summed E-state index contributed by atoms with van der Waals surface area (Å²) in [5, 5.41) is 36.5. The van der Waals surface area contributed by atoms with Gasteiger partial charge in [-0.15, -0.1) is 0 Å².